The molecule has 0 spiro atoms. The van der Waals surface area contributed by atoms with Crippen molar-refractivity contribution < 1.29 is 9.72 Å². The van der Waals surface area contributed by atoms with E-state index >= 15 is 0 Å². The lowest BCUT2D eigenvalue weighted by Crippen LogP contribution is -2.16. The van der Waals surface area contributed by atoms with Crippen molar-refractivity contribution in [2.45, 2.75) is 19.0 Å². The van der Waals surface area contributed by atoms with Gasteiger partial charge in [0.1, 0.15) is 10.8 Å². The summed E-state index contributed by atoms with van der Waals surface area (Å²) in [4.78, 5) is 31.0. The molecule has 1 aromatic heterocycles. The highest BCUT2D eigenvalue weighted by atomic mass is 35.5. The first-order chi connectivity index (χ1) is 10.8. The minimum atomic E-state index is -0.599. The molecule has 2 rings (SSSR count). The molecule has 0 aliphatic rings. The van der Waals surface area contributed by atoms with Gasteiger partial charge in [-0.1, -0.05) is 29.4 Å². The molecular weight excluding hydrogens is 340 g/mol. The van der Waals surface area contributed by atoms with Gasteiger partial charge in [0.25, 0.3) is 11.6 Å². The zero-order chi connectivity index (χ0) is 17.1. The van der Waals surface area contributed by atoms with Crippen molar-refractivity contribution in [3.63, 3.8) is 0 Å². The SMILES string of the molecule is CSc1ncc(C(=O)Nc2c(C)cc(C)cc2[N+](=O)[O-])c(Cl)n1. The molecule has 0 aliphatic carbocycles. The van der Waals surface area contributed by atoms with Crippen LogP contribution in [-0.2, 0) is 0 Å². The molecule has 0 unspecified atom stereocenters. The molecule has 1 N–H and O–H groups in total. The molecule has 0 aliphatic heterocycles. The number of halogens is 1. The molecule has 1 amide bonds. The lowest BCUT2D eigenvalue weighted by molar-refractivity contribution is -0.384. The van der Waals surface area contributed by atoms with E-state index in [4.69, 9.17) is 11.6 Å². The largest absolute Gasteiger partial charge is 0.316 e. The molecule has 0 saturated carbocycles. The summed E-state index contributed by atoms with van der Waals surface area (Å²) in [6.45, 7) is 3.43. The predicted molar refractivity (Wildman–Crippen MR) is 89.3 cm³/mol. The first-order valence-corrected chi connectivity index (χ1v) is 8.07. The first-order valence-electron chi connectivity index (χ1n) is 6.47. The standard InChI is InChI=1S/C14H13ClN4O3S/c1-7-4-8(2)11(10(5-7)19(21)22)17-13(20)9-6-16-14(23-3)18-12(9)15/h4-6H,1-3H3,(H,17,20). The second-order valence-electron chi connectivity index (χ2n) is 4.75. The van der Waals surface area contributed by atoms with Crippen LogP contribution >= 0.6 is 23.4 Å². The number of aromatic nitrogens is 2. The van der Waals surface area contributed by atoms with Crippen LogP contribution in [0.25, 0.3) is 0 Å². The fourth-order valence-electron chi connectivity index (χ4n) is 2.03. The summed E-state index contributed by atoms with van der Waals surface area (Å²) in [5.41, 5.74) is 1.34. The number of rotatable bonds is 4. The maximum Gasteiger partial charge on any atom is 0.293 e. The number of anilines is 1. The smallest absolute Gasteiger partial charge is 0.293 e. The molecule has 0 saturated heterocycles. The van der Waals surface area contributed by atoms with Gasteiger partial charge in [0.15, 0.2) is 5.16 Å². The summed E-state index contributed by atoms with van der Waals surface area (Å²) in [5.74, 6) is -0.599. The maximum absolute atomic E-state index is 12.3. The van der Waals surface area contributed by atoms with Crippen molar-refractivity contribution in [1.29, 1.82) is 0 Å². The number of hydrogen-bond donors (Lipinski definition) is 1. The van der Waals surface area contributed by atoms with Crippen molar-refractivity contribution in [2.75, 3.05) is 11.6 Å². The number of aryl methyl sites for hydroxylation is 2. The fraction of sp³-hybridized carbons (Fsp3) is 0.214. The number of amides is 1. The highest BCUT2D eigenvalue weighted by Crippen LogP contribution is 2.30. The first kappa shape index (κ1) is 17.2. The van der Waals surface area contributed by atoms with Gasteiger partial charge in [0, 0.05) is 12.3 Å². The molecule has 120 valence electrons. The van der Waals surface area contributed by atoms with E-state index in [0.29, 0.717) is 10.7 Å². The van der Waals surface area contributed by atoms with Crippen LogP contribution in [0.1, 0.15) is 21.5 Å². The molecule has 9 heteroatoms. The fourth-order valence-corrected chi connectivity index (χ4v) is 2.63. The van der Waals surface area contributed by atoms with Crippen molar-refractivity contribution in [1.82, 2.24) is 9.97 Å². The van der Waals surface area contributed by atoms with E-state index in [1.54, 1.807) is 26.2 Å². The maximum atomic E-state index is 12.3. The van der Waals surface area contributed by atoms with Gasteiger partial charge in [-0.15, -0.1) is 0 Å². The number of carbonyl (C=O) groups is 1. The molecule has 0 radical (unpaired) electrons. The minimum absolute atomic E-state index is 0.00531. The number of nitrogens with zero attached hydrogens (tertiary/aromatic N) is 3. The monoisotopic (exact) mass is 352 g/mol. The number of nitrogens with one attached hydrogen (secondary N) is 1. The summed E-state index contributed by atoms with van der Waals surface area (Å²) < 4.78 is 0. The number of nitro groups is 1. The molecule has 1 heterocycles. The average molecular weight is 353 g/mol. The Labute approximate surface area is 141 Å². The summed E-state index contributed by atoms with van der Waals surface area (Å²) in [7, 11) is 0. The van der Waals surface area contributed by atoms with E-state index < -0.39 is 10.8 Å². The van der Waals surface area contributed by atoms with Crippen LogP contribution in [-0.4, -0.2) is 27.1 Å². The van der Waals surface area contributed by atoms with Gasteiger partial charge < -0.3 is 5.32 Å². The van der Waals surface area contributed by atoms with Crippen LogP contribution in [0.2, 0.25) is 5.15 Å². The van der Waals surface area contributed by atoms with Crippen molar-refractivity contribution in [3.05, 3.63) is 50.3 Å². The molecule has 2 aromatic rings. The second kappa shape index (κ2) is 6.93. The van der Waals surface area contributed by atoms with E-state index in [9.17, 15) is 14.9 Å². The zero-order valence-electron chi connectivity index (χ0n) is 12.6. The van der Waals surface area contributed by atoms with Crippen LogP contribution in [0.3, 0.4) is 0 Å². The van der Waals surface area contributed by atoms with E-state index in [0.717, 1.165) is 5.56 Å². The van der Waals surface area contributed by atoms with E-state index in [-0.39, 0.29) is 22.1 Å². The van der Waals surface area contributed by atoms with Gasteiger partial charge in [-0.3, -0.25) is 14.9 Å². The number of benzene rings is 1. The Morgan fingerprint density at radius 3 is 2.65 bits per heavy atom. The van der Waals surface area contributed by atoms with Crippen molar-refractivity contribution in [2.24, 2.45) is 0 Å². The van der Waals surface area contributed by atoms with E-state index in [1.807, 2.05) is 0 Å². The molecule has 0 fully saturated rings. The Balaban J connectivity index is 2.39. The summed E-state index contributed by atoms with van der Waals surface area (Å²) in [6, 6.07) is 3.15. The van der Waals surface area contributed by atoms with Gasteiger partial charge in [-0.05, 0) is 31.2 Å². The summed E-state index contributed by atoms with van der Waals surface area (Å²) in [6.07, 6.45) is 3.08. The van der Waals surface area contributed by atoms with Gasteiger partial charge in [0.2, 0.25) is 0 Å². The number of thioether (sulfide) groups is 1. The zero-order valence-corrected chi connectivity index (χ0v) is 14.2. The molecule has 0 atom stereocenters. The van der Waals surface area contributed by atoms with Gasteiger partial charge in [-0.2, -0.15) is 0 Å². The third-order valence-corrected chi connectivity index (χ3v) is 3.89. The Bertz CT molecular complexity index is 798. The van der Waals surface area contributed by atoms with Crippen molar-refractivity contribution in [3.8, 4) is 0 Å². The van der Waals surface area contributed by atoms with E-state index in [1.165, 1.54) is 24.0 Å². The third-order valence-electron chi connectivity index (χ3n) is 3.04. The average Bonchev–Trinajstić information content (AvgIpc) is 2.49. The van der Waals surface area contributed by atoms with Crippen LogP contribution in [0.15, 0.2) is 23.5 Å². The van der Waals surface area contributed by atoms with E-state index in [2.05, 4.69) is 15.3 Å². The number of hydrogen-bond acceptors (Lipinski definition) is 6. The Hall–Kier alpha value is -2.19. The molecule has 7 nitrogen and oxygen atoms in total. The lowest BCUT2D eigenvalue weighted by atomic mass is 10.1. The quantitative estimate of drug-likeness (QED) is 0.296. The van der Waals surface area contributed by atoms with Crippen LogP contribution in [0, 0.1) is 24.0 Å². The number of nitro benzene ring substituents is 1. The molecule has 1 aromatic carbocycles. The van der Waals surface area contributed by atoms with Gasteiger partial charge in [0.05, 0.1) is 10.5 Å². The Kier molecular flexibility index (Phi) is 5.17. The van der Waals surface area contributed by atoms with Gasteiger partial charge >= 0.3 is 0 Å². The van der Waals surface area contributed by atoms with Crippen molar-refractivity contribution >= 4 is 40.6 Å². The Morgan fingerprint density at radius 2 is 2.09 bits per heavy atom. The topological polar surface area (TPSA) is 98.0 Å². The normalized spacial score (nSPS) is 10.4. The minimum Gasteiger partial charge on any atom is -0.316 e. The van der Waals surface area contributed by atoms with Gasteiger partial charge in [-0.25, -0.2) is 9.97 Å². The molecular formula is C14H13ClN4O3S. The third kappa shape index (κ3) is 3.77. The number of carbonyl (C=O) groups excluding carboxylic acids is 1. The van der Waals surface area contributed by atoms with Crippen LogP contribution in [0.5, 0.6) is 0 Å². The summed E-state index contributed by atoms with van der Waals surface area (Å²) >= 11 is 7.27. The van der Waals surface area contributed by atoms with Crippen LogP contribution < -0.4 is 5.32 Å². The second-order valence-corrected chi connectivity index (χ2v) is 5.88. The van der Waals surface area contributed by atoms with Crippen LogP contribution in [0.4, 0.5) is 11.4 Å². The molecule has 23 heavy (non-hydrogen) atoms. The molecule has 0 bridgehead atoms. The summed E-state index contributed by atoms with van der Waals surface area (Å²) in [5, 5.41) is 14.2. The highest BCUT2D eigenvalue weighted by molar-refractivity contribution is 7.98. The highest BCUT2D eigenvalue weighted by Gasteiger charge is 2.21. The lowest BCUT2D eigenvalue weighted by Gasteiger charge is -2.10. The predicted octanol–water partition coefficient (Wildman–Crippen LogP) is 3.63. The Morgan fingerprint density at radius 1 is 1.39 bits per heavy atom.